The van der Waals surface area contributed by atoms with Gasteiger partial charge in [-0.2, -0.15) is 0 Å². The van der Waals surface area contributed by atoms with Crippen molar-refractivity contribution in [3.8, 4) is 0 Å². The summed E-state index contributed by atoms with van der Waals surface area (Å²) >= 11 is 7.49. The fraction of sp³-hybridized carbons (Fsp3) is 0.533. The molecule has 0 aliphatic rings. The summed E-state index contributed by atoms with van der Waals surface area (Å²) < 4.78 is 4.45. The molecule has 0 saturated heterocycles. The van der Waals surface area contributed by atoms with Crippen molar-refractivity contribution < 1.29 is 0 Å². The number of aromatic nitrogens is 2. The monoisotopic (exact) mass is 402 g/mol. The SMILES string of the molecule is CCC(CC)C(Br)c1cc2c(cc1Br)n(C)c(=O)n2C. The Morgan fingerprint density at radius 1 is 1.10 bits per heavy atom. The number of nitrogens with zero attached hydrogens (tertiary/aromatic N) is 2. The van der Waals surface area contributed by atoms with Crippen LogP contribution in [0.4, 0.5) is 0 Å². The van der Waals surface area contributed by atoms with E-state index < -0.39 is 0 Å². The van der Waals surface area contributed by atoms with Gasteiger partial charge in [-0.3, -0.25) is 9.13 Å². The molecule has 1 aromatic heterocycles. The first kappa shape index (κ1) is 15.8. The molecule has 2 aromatic rings. The second-order valence-corrected chi connectivity index (χ2v) is 7.08. The number of hydrogen-bond acceptors (Lipinski definition) is 1. The third-order valence-electron chi connectivity index (χ3n) is 4.15. The average molecular weight is 404 g/mol. The largest absolute Gasteiger partial charge is 0.328 e. The highest BCUT2D eigenvalue weighted by molar-refractivity contribution is 9.11. The van der Waals surface area contributed by atoms with E-state index in [1.165, 1.54) is 5.56 Å². The Kier molecular flexibility index (Phi) is 4.80. The first-order valence-electron chi connectivity index (χ1n) is 6.91. The highest BCUT2D eigenvalue weighted by Gasteiger charge is 2.21. The zero-order chi connectivity index (χ0) is 15.0. The number of halogens is 2. The van der Waals surface area contributed by atoms with E-state index in [0.29, 0.717) is 10.7 Å². The first-order chi connectivity index (χ1) is 9.42. The molecule has 5 heteroatoms. The van der Waals surface area contributed by atoms with E-state index in [4.69, 9.17) is 0 Å². The van der Waals surface area contributed by atoms with Crippen LogP contribution in [-0.2, 0) is 14.1 Å². The highest BCUT2D eigenvalue weighted by atomic mass is 79.9. The summed E-state index contributed by atoms with van der Waals surface area (Å²) in [7, 11) is 3.63. The summed E-state index contributed by atoms with van der Waals surface area (Å²) in [5.41, 5.74) is 3.16. The van der Waals surface area contributed by atoms with Crippen molar-refractivity contribution in [1.82, 2.24) is 9.13 Å². The predicted octanol–water partition coefficient (Wildman–Crippen LogP) is 4.51. The van der Waals surface area contributed by atoms with Gasteiger partial charge >= 0.3 is 5.69 Å². The number of alkyl halides is 1. The zero-order valence-corrected chi connectivity index (χ0v) is 15.5. The quantitative estimate of drug-likeness (QED) is 0.689. The van der Waals surface area contributed by atoms with E-state index in [0.717, 1.165) is 28.3 Å². The molecule has 1 unspecified atom stereocenters. The van der Waals surface area contributed by atoms with Crippen molar-refractivity contribution in [3.05, 3.63) is 32.7 Å². The molecule has 20 heavy (non-hydrogen) atoms. The van der Waals surface area contributed by atoms with Gasteiger partial charge in [-0.15, -0.1) is 0 Å². The molecule has 0 bridgehead atoms. The Morgan fingerprint density at radius 2 is 1.60 bits per heavy atom. The van der Waals surface area contributed by atoms with Crippen molar-refractivity contribution in [2.24, 2.45) is 20.0 Å². The second-order valence-electron chi connectivity index (χ2n) is 5.24. The van der Waals surface area contributed by atoms with Crippen LogP contribution >= 0.6 is 31.9 Å². The van der Waals surface area contributed by atoms with Crippen LogP contribution in [0.3, 0.4) is 0 Å². The lowest BCUT2D eigenvalue weighted by molar-refractivity contribution is 0.486. The van der Waals surface area contributed by atoms with Gasteiger partial charge in [-0.25, -0.2) is 4.79 Å². The van der Waals surface area contributed by atoms with Gasteiger partial charge in [0.25, 0.3) is 0 Å². The Labute approximate surface area is 136 Å². The minimum atomic E-state index is 0.0118. The predicted molar refractivity (Wildman–Crippen MR) is 91.6 cm³/mol. The third-order valence-corrected chi connectivity index (χ3v) is 6.08. The number of rotatable bonds is 4. The molecule has 0 aliphatic heterocycles. The molecule has 0 N–H and O–H groups in total. The van der Waals surface area contributed by atoms with Gasteiger partial charge in [-0.1, -0.05) is 58.5 Å². The molecule has 0 saturated carbocycles. The zero-order valence-electron chi connectivity index (χ0n) is 12.3. The van der Waals surface area contributed by atoms with Crippen LogP contribution in [-0.4, -0.2) is 9.13 Å². The molecule has 1 heterocycles. The summed E-state index contributed by atoms with van der Waals surface area (Å²) in [6.07, 6.45) is 2.26. The number of fused-ring (bicyclic) bond motifs is 1. The molecule has 0 spiro atoms. The smallest absolute Gasteiger partial charge is 0.295 e. The van der Waals surface area contributed by atoms with Crippen LogP contribution in [0.25, 0.3) is 11.0 Å². The topological polar surface area (TPSA) is 26.9 Å². The Hall–Kier alpha value is -0.550. The maximum Gasteiger partial charge on any atom is 0.328 e. The lowest BCUT2D eigenvalue weighted by Gasteiger charge is -2.21. The van der Waals surface area contributed by atoms with Crippen molar-refractivity contribution in [2.45, 2.75) is 31.5 Å². The van der Waals surface area contributed by atoms with Crippen LogP contribution in [0.2, 0.25) is 0 Å². The van der Waals surface area contributed by atoms with Crippen LogP contribution in [0.5, 0.6) is 0 Å². The molecule has 0 amide bonds. The Bertz CT molecular complexity index is 683. The van der Waals surface area contributed by atoms with Crippen LogP contribution < -0.4 is 5.69 Å². The van der Waals surface area contributed by atoms with Crippen LogP contribution in [0, 0.1) is 5.92 Å². The Morgan fingerprint density at radius 3 is 2.10 bits per heavy atom. The number of benzene rings is 1. The lowest BCUT2D eigenvalue weighted by Crippen LogP contribution is -2.19. The fourth-order valence-corrected chi connectivity index (χ4v) is 4.72. The van der Waals surface area contributed by atoms with Gasteiger partial charge in [0, 0.05) is 23.4 Å². The maximum absolute atomic E-state index is 12.0. The Balaban J connectivity index is 2.64. The number of hydrogen-bond donors (Lipinski definition) is 0. The van der Waals surface area contributed by atoms with Crippen LogP contribution in [0.15, 0.2) is 21.4 Å². The van der Waals surface area contributed by atoms with Crippen molar-refractivity contribution in [1.29, 1.82) is 0 Å². The number of aryl methyl sites for hydroxylation is 2. The third kappa shape index (κ3) is 2.50. The van der Waals surface area contributed by atoms with Gasteiger partial charge in [0.2, 0.25) is 0 Å². The molecule has 2 rings (SSSR count). The maximum atomic E-state index is 12.0. The molecule has 0 fully saturated rings. The fourth-order valence-electron chi connectivity index (χ4n) is 2.70. The summed E-state index contributed by atoms with van der Waals surface area (Å²) in [4.78, 5) is 12.3. The van der Waals surface area contributed by atoms with E-state index in [-0.39, 0.29) is 5.69 Å². The highest BCUT2D eigenvalue weighted by Crippen LogP contribution is 2.40. The van der Waals surface area contributed by atoms with E-state index >= 15 is 0 Å². The second kappa shape index (κ2) is 6.06. The van der Waals surface area contributed by atoms with Gasteiger partial charge in [0.15, 0.2) is 0 Å². The average Bonchev–Trinajstić information content (AvgIpc) is 2.64. The van der Waals surface area contributed by atoms with Crippen molar-refractivity contribution >= 4 is 42.9 Å². The van der Waals surface area contributed by atoms with Crippen molar-refractivity contribution in [2.75, 3.05) is 0 Å². The van der Waals surface area contributed by atoms with Crippen molar-refractivity contribution in [3.63, 3.8) is 0 Å². The molecule has 0 radical (unpaired) electrons. The van der Waals surface area contributed by atoms with E-state index in [1.54, 1.807) is 9.13 Å². The molecule has 3 nitrogen and oxygen atoms in total. The van der Waals surface area contributed by atoms with Gasteiger partial charge < -0.3 is 0 Å². The standard InChI is InChI=1S/C15H20Br2N2O/c1-5-9(6-2)14(17)10-7-12-13(8-11(10)16)19(4)15(20)18(12)3/h7-9,14H,5-6H2,1-4H3. The molecule has 1 atom stereocenters. The molecular formula is C15H20Br2N2O. The normalized spacial score (nSPS) is 13.3. The minimum Gasteiger partial charge on any atom is -0.295 e. The van der Waals surface area contributed by atoms with Crippen LogP contribution in [0.1, 0.15) is 37.1 Å². The molecular weight excluding hydrogens is 384 g/mol. The van der Waals surface area contributed by atoms with Gasteiger partial charge in [0.1, 0.15) is 0 Å². The van der Waals surface area contributed by atoms with E-state index in [2.05, 4.69) is 51.8 Å². The lowest BCUT2D eigenvalue weighted by atomic mass is 9.94. The molecule has 1 aromatic carbocycles. The van der Waals surface area contributed by atoms with E-state index in [9.17, 15) is 4.79 Å². The van der Waals surface area contributed by atoms with E-state index in [1.807, 2.05) is 20.2 Å². The summed E-state index contributed by atoms with van der Waals surface area (Å²) in [6, 6.07) is 4.17. The van der Waals surface area contributed by atoms with Gasteiger partial charge in [0.05, 0.1) is 11.0 Å². The molecule has 0 aliphatic carbocycles. The summed E-state index contributed by atoms with van der Waals surface area (Å²) in [6.45, 7) is 4.43. The van der Waals surface area contributed by atoms with Gasteiger partial charge in [-0.05, 0) is 23.6 Å². The summed E-state index contributed by atoms with van der Waals surface area (Å²) in [5, 5.41) is 0. The summed E-state index contributed by atoms with van der Waals surface area (Å²) in [5.74, 6) is 0.587. The first-order valence-corrected chi connectivity index (χ1v) is 8.62. The minimum absolute atomic E-state index is 0.0118. The number of imidazole rings is 1. The molecule has 110 valence electrons.